The van der Waals surface area contributed by atoms with E-state index >= 15 is 0 Å². The predicted octanol–water partition coefficient (Wildman–Crippen LogP) is 3.64. The monoisotopic (exact) mass is 1000 g/mol. The Morgan fingerprint density at radius 2 is 0.889 bits per heavy atom. The van der Waals surface area contributed by atoms with Gasteiger partial charge in [-0.15, -0.1) is 0 Å². The van der Waals surface area contributed by atoms with Crippen molar-refractivity contribution in [2.75, 3.05) is 14.1 Å². The second-order valence-corrected chi connectivity index (χ2v) is 19.9. The fourth-order valence-electron chi connectivity index (χ4n) is 10.7. The number of aliphatic hydroxyl groups excluding tert-OH is 1. The first kappa shape index (κ1) is 50.5. The van der Waals surface area contributed by atoms with Gasteiger partial charge in [-0.05, 0) is 108 Å². The predicted molar refractivity (Wildman–Crippen MR) is 268 cm³/mol. The maximum atomic E-state index is 12.3. The van der Waals surface area contributed by atoms with Crippen LogP contribution >= 0.6 is 11.6 Å². The molecule has 6 saturated heterocycles. The van der Waals surface area contributed by atoms with Gasteiger partial charge in [-0.3, -0.25) is 28.1 Å². The Hall–Kier alpha value is -6.39. The molecule has 0 radical (unpaired) electrons. The van der Waals surface area contributed by atoms with E-state index in [9.17, 15) is 19.5 Å². The smallest absolute Gasteiger partial charge is 0.299 e. The number of hydrogen-bond donors (Lipinski definition) is 2. The molecule has 2 N–H and O–H groups in total. The van der Waals surface area contributed by atoms with E-state index in [-0.39, 0.29) is 40.3 Å². The van der Waals surface area contributed by atoms with Crippen LogP contribution < -0.4 is 31.5 Å². The maximum absolute atomic E-state index is 12.3. The highest BCUT2D eigenvalue weighted by molar-refractivity contribution is 6.28. The average molecular weight is 1000 g/mol. The van der Waals surface area contributed by atoms with Gasteiger partial charge in [0.25, 0.3) is 28.7 Å². The van der Waals surface area contributed by atoms with Crippen LogP contribution in [0.4, 0.5) is 0 Å². The zero-order valence-corrected chi connectivity index (χ0v) is 42.0. The summed E-state index contributed by atoms with van der Waals surface area (Å²) in [7, 11) is 9.32. The molecule has 6 bridgehead atoms. The summed E-state index contributed by atoms with van der Waals surface area (Å²) in [5, 5.41) is 13.1. The fourth-order valence-corrected chi connectivity index (χ4v) is 10.9. The molecular weight excluding hydrogens is 942 g/mol. The van der Waals surface area contributed by atoms with Crippen molar-refractivity contribution in [2.45, 2.75) is 132 Å². The zero-order chi connectivity index (χ0) is 50.5. The molecule has 21 nitrogen and oxygen atoms in total. The highest BCUT2D eigenvalue weighted by atomic mass is 35.5. The number of piperidine rings is 3. The lowest BCUT2D eigenvalue weighted by molar-refractivity contribution is 0.0503. The summed E-state index contributed by atoms with van der Waals surface area (Å²) in [5.74, 6) is 0. The molecule has 22 heteroatoms. The van der Waals surface area contributed by atoms with Gasteiger partial charge in [0.2, 0.25) is 5.28 Å². The van der Waals surface area contributed by atoms with Gasteiger partial charge in [0.15, 0.2) is 0 Å². The lowest BCUT2D eigenvalue weighted by Crippen LogP contribution is -2.44. The van der Waals surface area contributed by atoms with Crippen LogP contribution in [0.3, 0.4) is 0 Å². The number of aromatic nitrogens is 12. The molecule has 0 aliphatic carbocycles. The van der Waals surface area contributed by atoms with Gasteiger partial charge in [-0.2, -0.15) is 9.97 Å². The number of fused-ring (bicyclic) bond motifs is 6. The first-order valence-electron chi connectivity index (χ1n) is 24.7. The van der Waals surface area contributed by atoms with Gasteiger partial charge in [0.1, 0.15) is 31.2 Å². The first-order chi connectivity index (χ1) is 34.8. The molecule has 9 atom stereocenters. The Labute approximate surface area is 421 Å². The second kappa shape index (κ2) is 22.6. The molecule has 6 aliphatic rings. The highest BCUT2D eigenvalue weighted by Gasteiger charge is 2.40. The molecule has 72 heavy (non-hydrogen) atoms. The Bertz CT molecular complexity index is 2930. The van der Waals surface area contributed by atoms with E-state index in [1.165, 1.54) is 89.4 Å². The van der Waals surface area contributed by atoms with Crippen LogP contribution in [0, 0.1) is 0 Å². The number of halogens is 1. The molecule has 12 rings (SSSR count). The van der Waals surface area contributed by atoms with Gasteiger partial charge in [-0.1, -0.05) is 0 Å². The fraction of sp³-hybridized carbons (Fsp3) is 0.520. The van der Waals surface area contributed by atoms with E-state index < -0.39 is 0 Å². The minimum atomic E-state index is -0.219. The summed E-state index contributed by atoms with van der Waals surface area (Å²) in [5.41, 5.74) is 2.78. The minimum Gasteiger partial charge on any atom is -0.461 e. The second-order valence-electron chi connectivity index (χ2n) is 19.5. The third-order valence-electron chi connectivity index (χ3n) is 14.9. The van der Waals surface area contributed by atoms with E-state index in [0.717, 1.165) is 38.5 Å². The molecule has 6 aliphatic heterocycles. The summed E-state index contributed by atoms with van der Waals surface area (Å²) in [6.45, 7) is 0. The number of hydrogen-bond acceptors (Lipinski definition) is 18. The largest absolute Gasteiger partial charge is 0.461 e. The summed E-state index contributed by atoms with van der Waals surface area (Å²) in [6, 6.07) is 13.8. The number of ether oxygens (including phenoxy) is 2. The van der Waals surface area contributed by atoms with Crippen molar-refractivity contribution in [1.82, 2.24) is 73.7 Å². The minimum absolute atomic E-state index is 0.00583. The summed E-state index contributed by atoms with van der Waals surface area (Å²) in [4.78, 5) is 77.7. The van der Waals surface area contributed by atoms with E-state index in [1.54, 1.807) is 57.9 Å². The van der Waals surface area contributed by atoms with Crippen molar-refractivity contribution in [1.29, 1.82) is 0 Å². The quantitative estimate of drug-likeness (QED) is 0.217. The number of rotatable bonds is 7. The topological polar surface area (TPSA) is 239 Å². The van der Waals surface area contributed by atoms with Crippen molar-refractivity contribution in [3.63, 3.8) is 0 Å². The van der Waals surface area contributed by atoms with Crippen molar-refractivity contribution in [3.05, 3.63) is 110 Å². The molecular formula is C50H62ClN15O6. The van der Waals surface area contributed by atoms with Crippen LogP contribution in [-0.4, -0.2) is 142 Å². The van der Waals surface area contributed by atoms with Crippen molar-refractivity contribution < 1.29 is 14.6 Å². The van der Waals surface area contributed by atoms with Crippen LogP contribution in [-0.2, 0) is 21.1 Å². The van der Waals surface area contributed by atoms with E-state index in [0.29, 0.717) is 82.4 Å². The summed E-state index contributed by atoms with van der Waals surface area (Å²) >= 11 is 5.78. The third-order valence-corrected chi connectivity index (χ3v) is 15.2. The lowest BCUT2D eigenvalue weighted by Gasteiger charge is -2.36. The molecule has 6 aromatic heterocycles. The van der Waals surface area contributed by atoms with Crippen molar-refractivity contribution in [3.8, 4) is 46.2 Å². The Morgan fingerprint density at radius 1 is 0.514 bits per heavy atom. The van der Waals surface area contributed by atoms with Crippen LogP contribution in [0.2, 0.25) is 5.28 Å². The zero-order valence-electron chi connectivity index (χ0n) is 41.2. The van der Waals surface area contributed by atoms with Crippen LogP contribution in [0.5, 0.6) is 12.0 Å². The molecule has 0 spiro atoms. The summed E-state index contributed by atoms with van der Waals surface area (Å²) in [6.07, 6.45) is 22.7. The number of aliphatic hydroxyl groups is 1. The van der Waals surface area contributed by atoms with E-state index in [1.807, 2.05) is 0 Å². The van der Waals surface area contributed by atoms with Gasteiger partial charge < -0.3 is 29.7 Å². The van der Waals surface area contributed by atoms with Crippen LogP contribution in [0.1, 0.15) is 77.0 Å². The summed E-state index contributed by atoms with van der Waals surface area (Å²) < 4.78 is 16.4. The van der Waals surface area contributed by atoms with E-state index in [2.05, 4.69) is 74.1 Å². The Balaban J connectivity index is 0.000000124. The van der Waals surface area contributed by atoms with Gasteiger partial charge >= 0.3 is 0 Å². The highest BCUT2D eigenvalue weighted by Crippen LogP contribution is 2.36. The standard InChI is InChI=1S/C17H21N5O2.C16H19N5O2.C9H7ClN4O.C8H15NO/c1-21-11-3-4-12(21)8-13(7-11)24-17-20-15(9-16(23)22(17)2)14-5-6-18-10-19-14;1-21-15(22)8-14(13-4-5-17-9-18-13)20-16(21)23-12-6-10-2-3-11(7-12)19-10;1-14-8(15)4-7(13-9(14)10)6-2-3-11-5-12-6;1-9-6-2-3-7(9)5-8(10)4-6/h5-6,9-13H,3-4,7-8H2,1-2H3;4-5,8-12,19H,2-3,6-7H2,1H3;2-5H,1H3;6-8,10H,2-5H2,1H3/t11-,12+,13?;10-,11+,12?;;6-,7+,8?. The molecule has 0 aromatic carbocycles. The normalized spacial score (nSPS) is 26.0. The molecule has 0 amide bonds. The SMILES string of the molecule is CN1[C@@H]2CC[C@H]1CC(O)C2.CN1[C@@H]2CC[C@H]1CC(Oc1nc(-c3ccncn3)cc(=O)n1C)C2.Cn1c(Cl)nc(-c2ccncn2)cc1=O.Cn1c(OC2C[C@H]3CC[C@@H](C2)N3)nc(-c2ccncn2)cc1=O. The van der Waals surface area contributed by atoms with Crippen LogP contribution in [0.15, 0.2) is 88.4 Å². The number of nitrogens with one attached hydrogen (secondary N) is 1. The van der Waals surface area contributed by atoms with Crippen LogP contribution in [0.25, 0.3) is 34.2 Å². The van der Waals surface area contributed by atoms with Crippen molar-refractivity contribution in [2.24, 2.45) is 21.1 Å². The molecule has 0 saturated carbocycles. The molecule has 380 valence electrons. The van der Waals surface area contributed by atoms with Gasteiger partial charge in [0, 0.05) is 107 Å². The van der Waals surface area contributed by atoms with Gasteiger partial charge in [0.05, 0.1) is 40.3 Å². The molecule has 12 heterocycles. The average Bonchev–Trinajstić information content (AvgIpc) is 3.90. The van der Waals surface area contributed by atoms with Crippen molar-refractivity contribution >= 4 is 11.6 Å². The van der Waals surface area contributed by atoms with E-state index in [4.69, 9.17) is 21.1 Å². The molecule has 6 fully saturated rings. The third kappa shape index (κ3) is 11.9. The first-order valence-corrected chi connectivity index (χ1v) is 25.0. The lowest BCUT2D eigenvalue weighted by atomic mass is 10.0. The molecule has 3 unspecified atom stereocenters. The maximum Gasteiger partial charge on any atom is 0.299 e. The molecule has 6 aromatic rings. The van der Waals surface area contributed by atoms with Gasteiger partial charge in [-0.25, -0.2) is 34.9 Å². The Morgan fingerprint density at radius 3 is 1.28 bits per heavy atom. The Kier molecular flexibility index (Phi) is 15.8. The number of nitrogens with zero attached hydrogens (tertiary/aromatic N) is 14.